The van der Waals surface area contributed by atoms with E-state index >= 15 is 0 Å². The van der Waals surface area contributed by atoms with E-state index in [4.69, 9.17) is 9.47 Å². The minimum Gasteiger partial charge on any atom is -0.497 e. The number of hydrogen-bond donors (Lipinski definition) is 1. The van der Waals surface area contributed by atoms with Crippen molar-refractivity contribution in [3.8, 4) is 11.5 Å². The molecule has 0 amide bonds. The summed E-state index contributed by atoms with van der Waals surface area (Å²) in [5.74, 6) is 0.771. The van der Waals surface area contributed by atoms with Gasteiger partial charge in [0, 0.05) is 29.8 Å². The maximum absolute atomic E-state index is 12.8. The van der Waals surface area contributed by atoms with Crippen LogP contribution < -0.4 is 14.2 Å². The Balaban J connectivity index is 1.63. The average Bonchev–Trinajstić information content (AvgIpc) is 2.69. The SMILES string of the molecule is COc1ccc(OC)c(S(=O)(=O)NC2CCC(Sc3ncccn3)CC2)c1. The molecule has 7 nitrogen and oxygen atoms in total. The van der Waals surface area contributed by atoms with Gasteiger partial charge in [-0.25, -0.2) is 23.1 Å². The third kappa shape index (κ3) is 5.12. The van der Waals surface area contributed by atoms with Crippen molar-refractivity contribution in [3.05, 3.63) is 36.7 Å². The quantitative estimate of drug-likeness (QED) is 0.703. The van der Waals surface area contributed by atoms with E-state index < -0.39 is 10.0 Å². The topological polar surface area (TPSA) is 90.4 Å². The van der Waals surface area contributed by atoms with E-state index in [1.807, 2.05) is 0 Å². The number of benzene rings is 1. The molecule has 0 saturated heterocycles. The normalized spacial score (nSPS) is 20.2. The Hall–Kier alpha value is -1.84. The Bertz CT molecular complexity index is 854. The number of methoxy groups -OCH3 is 2. The maximum Gasteiger partial charge on any atom is 0.244 e. The highest BCUT2D eigenvalue weighted by molar-refractivity contribution is 7.99. The van der Waals surface area contributed by atoms with Crippen LogP contribution in [0.1, 0.15) is 25.7 Å². The van der Waals surface area contributed by atoms with E-state index in [-0.39, 0.29) is 10.9 Å². The molecule has 27 heavy (non-hydrogen) atoms. The molecule has 0 bridgehead atoms. The molecule has 1 aliphatic rings. The van der Waals surface area contributed by atoms with Crippen LogP contribution in [0.4, 0.5) is 0 Å². The van der Waals surface area contributed by atoms with Gasteiger partial charge < -0.3 is 9.47 Å². The van der Waals surface area contributed by atoms with Gasteiger partial charge in [-0.05, 0) is 43.9 Å². The molecule has 146 valence electrons. The molecule has 0 spiro atoms. The van der Waals surface area contributed by atoms with Crippen molar-refractivity contribution in [1.29, 1.82) is 0 Å². The van der Waals surface area contributed by atoms with Crippen LogP contribution >= 0.6 is 11.8 Å². The Morgan fingerprint density at radius 1 is 1.07 bits per heavy atom. The van der Waals surface area contributed by atoms with Gasteiger partial charge in [-0.1, -0.05) is 11.8 Å². The minimum absolute atomic E-state index is 0.0959. The monoisotopic (exact) mass is 409 g/mol. The van der Waals surface area contributed by atoms with Crippen LogP contribution in [0.3, 0.4) is 0 Å². The van der Waals surface area contributed by atoms with E-state index in [0.29, 0.717) is 16.7 Å². The standard InChI is InChI=1S/C18H23N3O4S2/c1-24-14-6-9-16(25-2)17(12-14)27(22,23)21-13-4-7-15(8-5-13)26-18-19-10-3-11-20-18/h3,6,9-13,15,21H,4-5,7-8H2,1-2H3. The molecule has 1 saturated carbocycles. The molecular weight excluding hydrogens is 386 g/mol. The van der Waals surface area contributed by atoms with Crippen LogP contribution in [0.5, 0.6) is 11.5 Å². The fourth-order valence-corrected chi connectivity index (χ4v) is 5.61. The lowest BCUT2D eigenvalue weighted by Gasteiger charge is -2.28. The van der Waals surface area contributed by atoms with Crippen molar-refractivity contribution in [2.75, 3.05) is 14.2 Å². The second-order valence-corrected chi connectivity index (χ2v) is 9.21. The molecule has 1 aliphatic carbocycles. The van der Waals surface area contributed by atoms with E-state index in [1.165, 1.54) is 20.3 Å². The highest BCUT2D eigenvalue weighted by atomic mass is 32.2. The molecule has 1 fully saturated rings. The van der Waals surface area contributed by atoms with E-state index in [2.05, 4.69) is 14.7 Å². The van der Waals surface area contributed by atoms with Crippen LogP contribution in [-0.4, -0.2) is 43.9 Å². The first-order chi connectivity index (χ1) is 13.0. The summed E-state index contributed by atoms with van der Waals surface area (Å²) in [5.41, 5.74) is 0. The van der Waals surface area contributed by atoms with Crippen LogP contribution in [0.2, 0.25) is 0 Å². The fraction of sp³-hybridized carbons (Fsp3) is 0.444. The summed E-state index contributed by atoms with van der Waals surface area (Å²) < 4.78 is 38.9. The largest absolute Gasteiger partial charge is 0.497 e. The van der Waals surface area contributed by atoms with Gasteiger partial charge in [-0.2, -0.15) is 0 Å². The summed E-state index contributed by atoms with van der Waals surface area (Å²) in [6.45, 7) is 0. The summed E-state index contributed by atoms with van der Waals surface area (Å²) in [5, 5.41) is 1.17. The first kappa shape index (κ1) is 19.9. The number of nitrogens with zero attached hydrogens (tertiary/aromatic N) is 2. The molecule has 0 atom stereocenters. The number of thioether (sulfide) groups is 1. The third-order valence-electron chi connectivity index (χ3n) is 4.47. The lowest BCUT2D eigenvalue weighted by atomic mass is 9.96. The number of nitrogens with one attached hydrogen (secondary N) is 1. The maximum atomic E-state index is 12.8. The van der Waals surface area contributed by atoms with E-state index in [0.717, 1.165) is 30.8 Å². The van der Waals surface area contributed by atoms with Gasteiger partial charge in [0.25, 0.3) is 0 Å². The van der Waals surface area contributed by atoms with Crippen LogP contribution in [0, 0.1) is 0 Å². The smallest absolute Gasteiger partial charge is 0.244 e. The molecule has 1 N–H and O–H groups in total. The molecule has 1 heterocycles. The average molecular weight is 410 g/mol. The van der Waals surface area contributed by atoms with Crippen LogP contribution in [0.25, 0.3) is 0 Å². The second kappa shape index (κ2) is 8.90. The van der Waals surface area contributed by atoms with Crippen molar-refractivity contribution in [2.24, 2.45) is 0 Å². The summed E-state index contributed by atoms with van der Waals surface area (Å²) >= 11 is 1.66. The first-order valence-electron chi connectivity index (χ1n) is 8.70. The molecule has 1 aromatic carbocycles. The Kier molecular flexibility index (Phi) is 6.56. The Morgan fingerprint density at radius 2 is 1.78 bits per heavy atom. The van der Waals surface area contributed by atoms with E-state index in [1.54, 1.807) is 42.4 Å². The predicted octanol–water partition coefficient (Wildman–Crippen LogP) is 2.88. The molecule has 0 radical (unpaired) electrons. The zero-order chi connectivity index (χ0) is 19.3. The first-order valence-corrected chi connectivity index (χ1v) is 11.1. The zero-order valence-corrected chi connectivity index (χ0v) is 16.9. The van der Waals surface area contributed by atoms with Crippen molar-refractivity contribution in [3.63, 3.8) is 0 Å². The Labute approximate surface area is 164 Å². The Morgan fingerprint density at radius 3 is 2.41 bits per heavy atom. The summed E-state index contributed by atoms with van der Waals surface area (Å²) in [4.78, 5) is 8.58. The van der Waals surface area contributed by atoms with Gasteiger partial charge in [0.2, 0.25) is 10.0 Å². The van der Waals surface area contributed by atoms with Gasteiger partial charge >= 0.3 is 0 Å². The van der Waals surface area contributed by atoms with Crippen LogP contribution in [-0.2, 0) is 10.0 Å². The third-order valence-corrected chi connectivity index (χ3v) is 7.24. The summed E-state index contributed by atoms with van der Waals surface area (Å²) in [7, 11) is -0.744. The number of sulfonamides is 1. The molecule has 9 heteroatoms. The molecule has 3 rings (SSSR count). The summed E-state index contributed by atoms with van der Waals surface area (Å²) in [6, 6.07) is 6.45. The van der Waals surface area contributed by atoms with Crippen molar-refractivity contribution in [2.45, 2.75) is 47.0 Å². The number of aromatic nitrogens is 2. The van der Waals surface area contributed by atoms with Crippen molar-refractivity contribution in [1.82, 2.24) is 14.7 Å². The molecular formula is C18H23N3O4S2. The zero-order valence-electron chi connectivity index (χ0n) is 15.3. The molecule has 1 aromatic heterocycles. The van der Waals surface area contributed by atoms with Gasteiger partial charge in [0.15, 0.2) is 5.16 Å². The highest BCUT2D eigenvalue weighted by Gasteiger charge is 2.28. The highest BCUT2D eigenvalue weighted by Crippen LogP contribution is 2.33. The molecule has 2 aromatic rings. The summed E-state index contributed by atoms with van der Waals surface area (Å²) in [6.07, 6.45) is 6.83. The van der Waals surface area contributed by atoms with E-state index in [9.17, 15) is 8.42 Å². The minimum atomic E-state index is -3.70. The lowest BCUT2D eigenvalue weighted by molar-refractivity contribution is 0.389. The number of hydrogen-bond acceptors (Lipinski definition) is 7. The van der Waals surface area contributed by atoms with Crippen molar-refractivity contribution >= 4 is 21.8 Å². The lowest BCUT2D eigenvalue weighted by Crippen LogP contribution is -2.38. The number of ether oxygens (including phenoxy) is 2. The molecule has 0 aliphatic heterocycles. The van der Waals surface area contributed by atoms with Gasteiger partial charge in [-0.15, -0.1) is 0 Å². The van der Waals surface area contributed by atoms with Crippen molar-refractivity contribution < 1.29 is 17.9 Å². The molecule has 0 unspecified atom stereocenters. The van der Waals surface area contributed by atoms with Crippen LogP contribution in [0.15, 0.2) is 46.7 Å². The van der Waals surface area contributed by atoms with Gasteiger partial charge in [0.05, 0.1) is 14.2 Å². The predicted molar refractivity (Wildman–Crippen MR) is 104 cm³/mol. The second-order valence-electron chi connectivity index (χ2n) is 6.26. The van der Waals surface area contributed by atoms with Gasteiger partial charge in [0.1, 0.15) is 16.4 Å². The van der Waals surface area contributed by atoms with Gasteiger partial charge in [-0.3, -0.25) is 0 Å². The number of rotatable bonds is 7. The fourth-order valence-electron chi connectivity index (χ4n) is 3.07.